The lowest BCUT2D eigenvalue weighted by Crippen LogP contribution is -2.31. The van der Waals surface area contributed by atoms with E-state index in [1.54, 1.807) is 44.4 Å². The highest BCUT2D eigenvalue weighted by Gasteiger charge is 2.19. The number of rotatable bonds is 7. The highest BCUT2D eigenvalue weighted by atomic mass is 16.5. The minimum atomic E-state index is -1.17. The minimum absolute atomic E-state index is 0.0970. The fourth-order valence-corrected chi connectivity index (χ4v) is 1.65. The van der Waals surface area contributed by atoms with Crippen molar-refractivity contribution in [1.29, 1.82) is 0 Å². The number of carboxylic acids is 1. The van der Waals surface area contributed by atoms with Crippen molar-refractivity contribution in [2.75, 3.05) is 13.7 Å². The fraction of sp³-hybridized carbons (Fsp3) is 0.333. The van der Waals surface area contributed by atoms with Crippen LogP contribution in [-0.4, -0.2) is 36.8 Å². The average Bonchev–Trinajstić information content (AvgIpc) is 2.47. The molecule has 6 heteroatoms. The molecule has 0 unspecified atom stereocenters. The fourth-order valence-electron chi connectivity index (χ4n) is 1.65. The topological polar surface area (TPSA) is 98.9 Å². The molecule has 3 N–H and O–H groups in total. The van der Waals surface area contributed by atoms with Crippen molar-refractivity contribution in [3.05, 3.63) is 35.4 Å². The summed E-state index contributed by atoms with van der Waals surface area (Å²) in [5.41, 5.74) is 6.43. The maximum absolute atomic E-state index is 11.9. The molecule has 0 radical (unpaired) electrons. The Morgan fingerprint density at radius 2 is 1.95 bits per heavy atom. The van der Waals surface area contributed by atoms with Gasteiger partial charge in [0.25, 0.3) is 0 Å². The van der Waals surface area contributed by atoms with E-state index in [0.717, 1.165) is 5.56 Å². The van der Waals surface area contributed by atoms with Gasteiger partial charge in [-0.15, -0.1) is 0 Å². The van der Waals surface area contributed by atoms with Gasteiger partial charge < -0.3 is 20.3 Å². The molecule has 1 rings (SSSR count). The van der Waals surface area contributed by atoms with Crippen LogP contribution < -0.4 is 10.5 Å². The zero-order valence-electron chi connectivity index (χ0n) is 12.0. The van der Waals surface area contributed by atoms with Crippen LogP contribution in [-0.2, 0) is 14.3 Å². The molecular weight excluding hydrogens is 274 g/mol. The standard InChI is InChI=1S/C15H19NO5/c1-3-21-15(19)11(9-13(16)14(17)18)8-10-4-6-12(20-2)7-5-10/h4-8,13H,3,9,16H2,1-2H3,(H,17,18)/b11-8+/t13-/m1/s1. The number of benzene rings is 1. The van der Waals surface area contributed by atoms with Crippen LogP contribution in [0.4, 0.5) is 0 Å². The largest absolute Gasteiger partial charge is 0.497 e. The lowest BCUT2D eigenvalue weighted by Gasteiger charge is -2.10. The normalized spacial score (nSPS) is 12.6. The Morgan fingerprint density at radius 3 is 2.43 bits per heavy atom. The Hall–Kier alpha value is -2.34. The smallest absolute Gasteiger partial charge is 0.334 e. The third-order valence-electron chi connectivity index (χ3n) is 2.75. The zero-order valence-corrected chi connectivity index (χ0v) is 12.0. The van der Waals surface area contributed by atoms with Crippen LogP contribution in [0.5, 0.6) is 5.75 Å². The molecule has 21 heavy (non-hydrogen) atoms. The van der Waals surface area contributed by atoms with Gasteiger partial charge in [0.2, 0.25) is 0 Å². The van der Waals surface area contributed by atoms with Gasteiger partial charge in [0, 0.05) is 12.0 Å². The van der Waals surface area contributed by atoms with Gasteiger partial charge in [-0.05, 0) is 30.7 Å². The number of esters is 1. The first-order valence-corrected chi connectivity index (χ1v) is 6.48. The molecule has 0 saturated carbocycles. The van der Waals surface area contributed by atoms with E-state index in [9.17, 15) is 9.59 Å². The summed E-state index contributed by atoms with van der Waals surface area (Å²) >= 11 is 0. The number of ether oxygens (including phenoxy) is 2. The van der Waals surface area contributed by atoms with Crippen LogP contribution >= 0.6 is 0 Å². The van der Waals surface area contributed by atoms with Gasteiger partial charge in [-0.2, -0.15) is 0 Å². The molecule has 0 bridgehead atoms. The van der Waals surface area contributed by atoms with Crippen LogP contribution in [0.15, 0.2) is 29.8 Å². The number of carbonyl (C=O) groups excluding carboxylic acids is 1. The number of carboxylic acid groups (broad SMARTS) is 1. The van der Waals surface area contributed by atoms with Crippen LogP contribution in [0.1, 0.15) is 18.9 Å². The molecule has 0 saturated heterocycles. The third-order valence-corrected chi connectivity index (χ3v) is 2.75. The van der Waals surface area contributed by atoms with Gasteiger partial charge in [-0.3, -0.25) is 4.79 Å². The van der Waals surface area contributed by atoms with Crippen LogP contribution in [0.25, 0.3) is 6.08 Å². The number of hydrogen-bond donors (Lipinski definition) is 2. The Kier molecular flexibility index (Phi) is 6.42. The first kappa shape index (κ1) is 16.7. The molecule has 0 aliphatic carbocycles. The number of aliphatic carboxylic acids is 1. The Balaban J connectivity index is 3.00. The van der Waals surface area contributed by atoms with E-state index in [1.807, 2.05) is 0 Å². The second kappa shape index (κ2) is 8.06. The monoisotopic (exact) mass is 293 g/mol. The average molecular weight is 293 g/mol. The summed E-state index contributed by atoms with van der Waals surface area (Å²) in [4.78, 5) is 22.7. The van der Waals surface area contributed by atoms with E-state index in [-0.39, 0.29) is 18.6 Å². The summed E-state index contributed by atoms with van der Waals surface area (Å²) in [5.74, 6) is -1.04. The first-order chi connectivity index (χ1) is 9.97. The van der Waals surface area contributed by atoms with Crippen LogP contribution in [0.2, 0.25) is 0 Å². The summed E-state index contributed by atoms with van der Waals surface area (Å²) in [7, 11) is 1.56. The number of methoxy groups -OCH3 is 1. The van der Waals surface area contributed by atoms with Crippen molar-refractivity contribution in [2.45, 2.75) is 19.4 Å². The summed E-state index contributed by atoms with van der Waals surface area (Å²) in [6.07, 6.45) is 1.47. The molecule has 1 atom stereocenters. The predicted octanol–water partition coefficient (Wildman–Crippen LogP) is 1.44. The summed E-state index contributed by atoms with van der Waals surface area (Å²) < 4.78 is 9.97. The molecule has 1 aromatic rings. The second-order valence-electron chi connectivity index (χ2n) is 4.31. The Morgan fingerprint density at radius 1 is 1.33 bits per heavy atom. The van der Waals surface area contributed by atoms with Gasteiger partial charge >= 0.3 is 11.9 Å². The van der Waals surface area contributed by atoms with Gasteiger partial charge in [-0.1, -0.05) is 12.1 Å². The van der Waals surface area contributed by atoms with Crippen molar-refractivity contribution < 1.29 is 24.2 Å². The zero-order chi connectivity index (χ0) is 15.8. The molecule has 6 nitrogen and oxygen atoms in total. The quantitative estimate of drug-likeness (QED) is 0.583. The number of carbonyl (C=O) groups is 2. The molecule has 0 fully saturated rings. The van der Waals surface area contributed by atoms with E-state index in [0.29, 0.717) is 5.75 Å². The van der Waals surface area contributed by atoms with E-state index < -0.39 is 18.0 Å². The summed E-state index contributed by atoms with van der Waals surface area (Å²) in [5, 5.41) is 8.86. The van der Waals surface area contributed by atoms with Crippen LogP contribution in [0, 0.1) is 0 Å². The molecule has 0 amide bonds. The maximum atomic E-state index is 11.9. The Labute approximate surface area is 123 Å². The highest BCUT2D eigenvalue weighted by molar-refractivity contribution is 5.94. The minimum Gasteiger partial charge on any atom is -0.497 e. The van der Waals surface area contributed by atoms with Gasteiger partial charge in [-0.25, -0.2) is 4.79 Å². The van der Waals surface area contributed by atoms with Crippen molar-refractivity contribution in [3.63, 3.8) is 0 Å². The van der Waals surface area contributed by atoms with Gasteiger partial charge in [0.1, 0.15) is 11.8 Å². The number of nitrogens with two attached hydrogens (primary N) is 1. The van der Waals surface area contributed by atoms with E-state index in [2.05, 4.69) is 0 Å². The molecule has 1 aromatic carbocycles. The van der Waals surface area contributed by atoms with Gasteiger partial charge in [0.05, 0.1) is 13.7 Å². The van der Waals surface area contributed by atoms with Crippen molar-refractivity contribution in [2.24, 2.45) is 5.73 Å². The lowest BCUT2D eigenvalue weighted by molar-refractivity contribution is -0.139. The molecule has 0 aromatic heterocycles. The molecule has 0 aliphatic rings. The summed E-state index contributed by atoms with van der Waals surface area (Å²) in [6, 6.07) is 5.84. The van der Waals surface area contributed by atoms with E-state index >= 15 is 0 Å². The third kappa shape index (κ3) is 5.27. The van der Waals surface area contributed by atoms with Crippen LogP contribution in [0.3, 0.4) is 0 Å². The lowest BCUT2D eigenvalue weighted by atomic mass is 10.0. The SMILES string of the molecule is CCOC(=O)/C(=C/c1ccc(OC)cc1)C[C@@H](N)C(=O)O. The van der Waals surface area contributed by atoms with E-state index in [1.165, 1.54) is 0 Å². The Bertz CT molecular complexity index is 521. The molecule has 0 heterocycles. The molecular formula is C15H19NO5. The maximum Gasteiger partial charge on any atom is 0.334 e. The first-order valence-electron chi connectivity index (χ1n) is 6.48. The van der Waals surface area contributed by atoms with Crippen molar-refractivity contribution in [1.82, 2.24) is 0 Å². The van der Waals surface area contributed by atoms with Crippen molar-refractivity contribution >= 4 is 18.0 Å². The second-order valence-corrected chi connectivity index (χ2v) is 4.31. The summed E-state index contributed by atoms with van der Waals surface area (Å²) in [6.45, 7) is 1.89. The van der Waals surface area contributed by atoms with E-state index in [4.69, 9.17) is 20.3 Å². The molecule has 0 aliphatic heterocycles. The molecule has 0 spiro atoms. The number of hydrogen-bond acceptors (Lipinski definition) is 5. The predicted molar refractivity (Wildman–Crippen MR) is 77.8 cm³/mol. The van der Waals surface area contributed by atoms with Crippen molar-refractivity contribution in [3.8, 4) is 5.75 Å². The van der Waals surface area contributed by atoms with Gasteiger partial charge in [0.15, 0.2) is 0 Å². The molecule has 114 valence electrons. The highest BCUT2D eigenvalue weighted by Crippen LogP contribution is 2.17.